The van der Waals surface area contributed by atoms with Crippen LogP contribution in [0.5, 0.6) is 0 Å². The van der Waals surface area contributed by atoms with Crippen LogP contribution >= 0.6 is 23.2 Å². The molecule has 9 heteroatoms. The second-order valence-electron chi connectivity index (χ2n) is 8.44. The smallest absolute Gasteiger partial charge is 0.254 e. The molecule has 1 aromatic carbocycles. The van der Waals surface area contributed by atoms with E-state index < -0.39 is 18.2 Å². The van der Waals surface area contributed by atoms with Gasteiger partial charge in [0.05, 0.1) is 21.7 Å². The third-order valence-corrected chi connectivity index (χ3v) is 6.32. The lowest BCUT2D eigenvalue weighted by atomic mass is 10.0. The number of aryl methyl sites for hydroxylation is 2. The largest absolute Gasteiger partial charge is 0.381 e. The van der Waals surface area contributed by atoms with Gasteiger partial charge in [-0.2, -0.15) is 0 Å². The number of benzene rings is 1. The van der Waals surface area contributed by atoms with Gasteiger partial charge in [0.1, 0.15) is 5.82 Å². The zero-order valence-corrected chi connectivity index (χ0v) is 20.2. The van der Waals surface area contributed by atoms with Crippen LogP contribution in [0.15, 0.2) is 30.3 Å². The lowest BCUT2D eigenvalue weighted by molar-refractivity contribution is -0.0717. The van der Waals surface area contributed by atoms with E-state index in [-0.39, 0.29) is 28.6 Å². The molecular formula is C24H31Cl2N3O4. The third-order valence-electron chi connectivity index (χ3n) is 5.69. The lowest BCUT2D eigenvalue weighted by Crippen LogP contribution is -2.44. The highest BCUT2D eigenvalue weighted by Gasteiger charge is 2.23. The predicted octanol–water partition coefficient (Wildman–Crippen LogP) is 3.83. The summed E-state index contributed by atoms with van der Waals surface area (Å²) in [5.74, 6) is 0.755. The zero-order chi connectivity index (χ0) is 23.8. The number of carbonyl (C=O) groups excluding carboxylic acids is 1. The Morgan fingerprint density at radius 3 is 2.70 bits per heavy atom. The summed E-state index contributed by atoms with van der Waals surface area (Å²) in [6.45, 7) is 3.88. The van der Waals surface area contributed by atoms with E-state index in [0.29, 0.717) is 12.5 Å². The van der Waals surface area contributed by atoms with Crippen LogP contribution < -0.4 is 10.6 Å². The highest BCUT2D eigenvalue weighted by molar-refractivity contribution is 6.39. The Labute approximate surface area is 204 Å². The molecule has 2 aromatic rings. The normalized spacial score (nSPS) is 15.0. The van der Waals surface area contributed by atoms with Gasteiger partial charge < -0.3 is 25.6 Å². The van der Waals surface area contributed by atoms with E-state index in [1.807, 2.05) is 0 Å². The summed E-state index contributed by atoms with van der Waals surface area (Å²) in [4.78, 5) is 17.2. The van der Waals surface area contributed by atoms with Crippen molar-refractivity contribution in [2.45, 2.75) is 51.4 Å². The standard InChI is InChI=1S/C24H31Cl2N3O4/c1-15(7-9-17-10-8-16-4-3-12-27-22(16)28-17)14-33-13-11-20(24(31)32)29-23(30)21-18(25)5-2-6-19(21)26/h2,5-6,8,10,15,20,24,31-32H,3-4,7,9,11-14H2,1H3,(H,27,28)(H,29,30)/t15-,20-/m0/s1. The molecule has 0 aliphatic carbocycles. The minimum Gasteiger partial charge on any atom is -0.381 e. The number of anilines is 1. The van der Waals surface area contributed by atoms with Gasteiger partial charge in [0.15, 0.2) is 6.29 Å². The lowest BCUT2D eigenvalue weighted by Gasteiger charge is -2.21. The molecule has 1 aliphatic heterocycles. The van der Waals surface area contributed by atoms with Crippen LogP contribution in [-0.2, 0) is 17.6 Å². The maximum absolute atomic E-state index is 12.5. The number of ether oxygens (including phenoxy) is 1. The van der Waals surface area contributed by atoms with Crippen LogP contribution in [0.2, 0.25) is 10.0 Å². The van der Waals surface area contributed by atoms with Crippen LogP contribution in [0.4, 0.5) is 5.82 Å². The first kappa shape index (κ1) is 25.7. The molecule has 4 N–H and O–H groups in total. The quantitative estimate of drug-likeness (QED) is 0.279. The molecule has 0 unspecified atom stereocenters. The number of nitrogens with one attached hydrogen (secondary N) is 2. The maximum atomic E-state index is 12.5. The molecular weight excluding hydrogens is 465 g/mol. The summed E-state index contributed by atoms with van der Waals surface area (Å²) in [7, 11) is 0. The number of hydrogen-bond donors (Lipinski definition) is 4. The first-order chi connectivity index (χ1) is 15.8. The molecule has 1 aliphatic rings. The minimum atomic E-state index is -1.74. The van der Waals surface area contributed by atoms with Gasteiger partial charge in [-0.15, -0.1) is 0 Å². The maximum Gasteiger partial charge on any atom is 0.254 e. The first-order valence-corrected chi connectivity index (χ1v) is 12.0. The highest BCUT2D eigenvalue weighted by atomic mass is 35.5. The third kappa shape index (κ3) is 7.55. The fraction of sp³-hybridized carbons (Fsp3) is 0.500. The molecule has 0 fully saturated rings. The van der Waals surface area contributed by atoms with Crippen LogP contribution in [-0.4, -0.2) is 53.2 Å². The fourth-order valence-electron chi connectivity index (χ4n) is 3.73. The predicted molar refractivity (Wildman–Crippen MR) is 130 cm³/mol. The molecule has 180 valence electrons. The fourth-order valence-corrected chi connectivity index (χ4v) is 4.30. The van der Waals surface area contributed by atoms with Gasteiger partial charge in [0.2, 0.25) is 0 Å². The summed E-state index contributed by atoms with van der Waals surface area (Å²) in [6, 6.07) is 8.08. The van der Waals surface area contributed by atoms with Crippen molar-refractivity contribution in [2.24, 2.45) is 5.92 Å². The van der Waals surface area contributed by atoms with Gasteiger partial charge in [0, 0.05) is 25.5 Å². The number of rotatable bonds is 11. The number of aliphatic hydroxyl groups excluding tert-OH is 1. The Balaban J connectivity index is 1.40. The summed E-state index contributed by atoms with van der Waals surface area (Å²) in [5.41, 5.74) is 2.46. The molecule has 2 heterocycles. The van der Waals surface area contributed by atoms with Gasteiger partial charge in [-0.1, -0.05) is 42.3 Å². The van der Waals surface area contributed by atoms with E-state index in [1.165, 1.54) is 5.56 Å². The molecule has 0 bridgehead atoms. The SMILES string of the molecule is C[C@@H](CCc1ccc2c(n1)NCCC2)COCC[C@H](NC(=O)c1c(Cl)cccc1Cl)C(O)O. The Bertz CT molecular complexity index is 922. The van der Waals surface area contributed by atoms with Gasteiger partial charge in [-0.25, -0.2) is 4.98 Å². The van der Waals surface area contributed by atoms with Crippen molar-refractivity contribution < 1.29 is 19.7 Å². The molecule has 0 saturated heterocycles. The van der Waals surface area contributed by atoms with Gasteiger partial charge >= 0.3 is 0 Å². The molecule has 0 spiro atoms. The second kappa shape index (κ2) is 12.5. The van der Waals surface area contributed by atoms with Crippen LogP contribution in [0, 0.1) is 5.92 Å². The average molecular weight is 496 g/mol. The first-order valence-electron chi connectivity index (χ1n) is 11.3. The summed E-state index contributed by atoms with van der Waals surface area (Å²) >= 11 is 12.1. The van der Waals surface area contributed by atoms with E-state index in [9.17, 15) is 15.0 Å². The number of amides is 1. The van der Waals surface area contributed by atoms with Crippen molar-refractivity contribution in [3.8, 4) is 0 Å². The van der Waals surface area contributed by atoms with E-state index in [2.05, 4.69) is 29.7 Å². The van der Waals surface area contributed by atoms with Gasteiger partial charge in [-0.3, -0.25) is 4.79 Å². The van der Waals surface area contributed by atoms with Crippen LogP contribution in [0.1, 0.15) is 47.8 Å². The number of nitrogens with zero attached hydrogens (tertiary/aromatic N) is 1. The molecule has 0 radical (unpaired) electrons. The Morgan fingerprint density at radius 2 is 1.97 bits per heavy atom. The number of aromatic nitrogens is 1. The molecule has 7 nitrogen and oxygen atoms in total. The number of halogens is 2. The topological polar surface area (TPSA) is 104 Å². The molecule has 33 heavy (non-hydrogen) atoms. The van der Waals surface area contributed by atoms with Crippen molar-refractivity contribution in [3.05, 3.63) is 57.2 Å². The Morgan fingerprint density at radius 1 is 1.21 bits per heavy atom. The van der Waals surface area contributed by atoms with Crippen molar-refractivity contribution >= 4 is 34.9 Å². The monoisotopic (exact) mass is 495 g/mol. The van der Waals surface area contributed by atoms with Crippen molar-refractivity contribution in [3.63, 3.8) is 0 Å². The van der Waals surface area contributed by atoms with Gasteiger partial charge in [-0.05, 0) is 61.8 Å². The second-order valence-corrected chi connectivity index (χ2v) is 9.25. The minimum absolute atomic E-state index is 0.104. The molecule has 1 amide bonds. The number of carbonyl (C=O) groups is 1. The number of aliphatic hydroxyl groups is 2. The highest BCUT2D eigenvalue weighted by Crippen LogP contribution is 2.24. The average Bonchev–Trinajstić information content (AvgIpc) is 2.79. The van der Waals surface area contributed by atoms with Crippen molar-refractivity contribution in [1.82, 2.24) is 10.3 Å². The van der Waals surface area contributed by atoms with Crippen molar-refractivity contribution in [1.29, 1.82) is 0 Å². The Hall–Kier alpha value is -1.90. The zero-order valence-electron chi connectivity index (χ0n) is 18.7. The number of fused-ring (bicyclic) bond motifs is 1. The van der Waals surface area contributed by atoms with E-state index >= 15 is 0 Å². The number of pyridine rings is 1. The Kier molecular flexibility index (Phi) is 9.77. The van der Waals surface area contributed by atoms with Crippen LogP contribution in [0.25, 0.3) is 0 Å². The molecule has 1 aromatic heterocycles. The van der Waals surface area contributed by atoms with E-state index in [4.69, 9.17) is 32.9 Å². The van der Waals surface area contributed by atoms with E-state index in [0.717, 1.165) is 43.7 Å². The summed E-state index contributed by atoms with van der Waals surface area (Å²) in [6.07, 6.45) is 2.52. The summed E-state index contributed by atoms with van der Waals surface area (Å²) < 4.78 is 5.73. The molecule has 0 saturated carbocycles. The summed E-state index contributed by atoms with van der Waals surface area (Å²) in [5, 5.41) is 25.6. The molecule has 3 rings (SSSR count). The van der Waals surface area contributed by atoms with Crippen LogP contribution in [0.3, 0.4) is 0 Å². The van der Waals surface area contributed by atoms with E-state index in [1.54, 1.807) is 18.2 Å². The van der Waals surface area contributed by atoms with Crippen molar-refractivity contribution in [2.75, 3.05) is 25.1 Å². The molecule has 2 atom stereocenters. The van der Waals surface area contributed by atoms with Gasteiger partial charge in [0.25, 0.3) is 5.91 Å². The number of hydrogen-bond acceptors (Lipinski definition) is 6.